The van der Waals surface area contributed by atoms with E-state index in [1.54, 1.807) is 0 Å². The van der Waals surface area contributed by atoms with Crippen LogP contribution in [0.5, 0.6) is 5.75 Å². The Balaban J connectivity index is 1.70. The zero-order valence-corrected chi connectivity index (χ0v) is 12.4. The molecule has 0 bridgehead atoms. The van der Waals surface area contributed by atoms with Crippen molar-refractivity contribution in [1.82, 2.24) is 4.90 Å². The van der Waals surface area contributed by atoms with Crippen molar-refractivity contribution in [2.45, 2.75) is 31.6 Å². The fourth-order valence-electron chi connectivity index (χ4n) is 3.79. The molecule has 2 fully saturated rings. The Labute approximate surface area is 127 Å². The highest BCUT2D eigenvalue weighted by Gasteiger charge is 2.47. The predicted molar refractivity (Wildman–Crippen MR) is 76.1 cm³/mol. The van der Waals surface area contributed by atoms with Gasteiger partial charge in [-0.3, -0.25) is 0 Å². The van der Waals surface area contributed by atoms with E-state index in [1.807, 2.05) is 0 Å². The van der Waals surface area contributed by atoms with Gasteiger partial charge in [0.05, 0.1) is 7.11 Å². The Morgan fingerprint density at radius 3 is 2.50 bits per heavy atom. The summed E-state index contributed by atoms with van der Waals surface area (Å²) >= 11 is 0. The van der Waals surface area contributed by atoms with Crippen molar-refractivity contribution >= 4 is 6.09 Å². The smallest absolute Gasteiger partial charge is 0.407 e. The molecule has 0 aromatic heterocycles. The maximum atomic E-state index is 14.3. The summed E-state index contributed by atoms with van der Waals surface area (Å²) in [6.45, 7) is 1.12. The molecule has 1 saturated heterocycles. The Kier molecular flexibility index (Phi) is 3.70. The second-order valence-corrected chi connectivity index (χ2v) is 6.42. The van der Waals surface area contributed by atoms with Crippen LogP contribution < -0.4 is 4.74 Å². The monoisotopic (exact) mass is 311 g/mol. The molecule has 1 spiro atoms. The first-order chi connectivity index (χ1) is 10.4. The van der Waals surface area contributed by atoms with Crippen LogP contribution in [0.2, 0.25) is 0 Å². The van der Waals surface area contributed by atoms with Crippen LogP contribution in [-0.4, -0.2) is 36.3 Å². The number of rotatable bonds is 2. The van der Waals surface area contributed by atoms with E-state index >= 15 is 0 Å². The van der Waals surface area contributed by atoms with E-state index in [2.05, 4.69) is 0 Å². The van der Waals surface area contributed by atoms with Gasteiger partial charge in [-0.05, 0) is 43.2 Å². The number of benzene rings is 1. The Morgan fingerprint density at radius 1 is 1.32 bits per heavy atom. The van der Waals surface area contributed by atoms with E-state index in [0.29, 0.717) is 18.7 Å². The average Bonchev–Trinajstić information content (AvgIpc) is 2.46. The molecule has 1 heterocycles. The minimum atomic E-state index is -0.881. The van der Waals surface area contributed by atoms with Gasteiger partial charge in [0.25, 0.3) is 0 Å². The molecule has 3 rings (SSSR count). The van der Waals surface area contributed by atoms with Crippen LogP contribution in [0.4, 0.5) is 13.6 Å². The van der Waals surface area contributed by atoms with Gasteiger partial charge in [0.15, 0.2) is 11.6 Å². The molecule has 4 nitrogen and oxygen atoms in total. The summed E-state index contributed by atoms with van der Waals surface area (Å²) < 4.78 is 32.8. The second kappa shape index (κ2) is 5.41. The average molecular weight is 311 g/mol. The van der Waals surface area contributed by atoms with E-state index in [1.165, 1.54) is 18.1 Å². The molecule has 1 amide bonds. The normalized spacial score (nSPS) is 20.8. The summed E-state index contributed by atoms with van der Waals surface area (Å²) in [6, 6.07) is 2.31. The van der Waals surface area contributed by atoms with E-state index in [0.717, 1.165) is 31.7 Å². The summed E-state index contributed by atoms with van der Waals surface area (Å²) in [6.07, 6.45) is 2.31. The van der Waals surface area contributed by atoms with Crippen molar-refractivity contribution in [2.75, 3.05) is 20.2 Å². The van der Waals surface area contributed by atoms with Gasteiger partial charge in [-0.15, -0.1) is 0 Å². The number of likely N-dealkylation sites (tertiary alicyclic amines) is 1. The van der Waals surface area contributed by atoms with Crippen LogP contribution in [-0.2, 0) is 0 Å². The molecule has 2 aliphatic rings. The number of amides is 1. The van der Waals surface area contributed by atoms with Crippen LogP contribution in [0.15, 0.2) is 12.1 Å². The number of ether oxygens (including phenoxy) is 1. The third kappa shape index (κ3) is 2.51. The van der Waals surface area contributed by atoms with Crippen molar-refractivity contribution in [3.05, 3.63) is 29.3 Å². The number of methoxy groups -OCH3 is 1. The molecule has 6 heteroatoms. The summed E-state index contributed by atoms with van der Waals surface area (Å²) in [4.78, 5) is 12.3. The molecule has 1 saturated carbocycles. The lowest BCUT2D eigenvalue weighted by atomic mass is 9.65. The van der Waals surface area contributed by atoms with E-state index < -0.39 is 17.7 Å². The van der Waals surface area contributed by atoms with Gasteiger partial charge in [0.2, 0.25) is 0 Å². The Hall–Kier alpha value is -1.85. The lowest BCUT2D eigenvalue weighted by molar-refractivity contribution is -0.0190. The molecular formula is C16H19F2NO3. The fraction of sp³-hybridized carbons (Fsp3) is 0.562. The molecular weight excluding hydrogens is 292 g/mol. The lowest BCUT2D eigenvalue weighted by Gasteiger charge is -2.52. The van der Waals surface area contributed by atoms with Gasteiger partial charge in [-0.25, -0.2) is 13.6 Å². The summed E-state index contributed by atoms with van der Waals surface area (Å²) in [7, 11) is 1.33. The van der Waals surface area contributed by atoms with E-state index in [-0.39, 0.29) is 17.1 Å². The third-order valence-corrected chi connectivity index (χ3v) is 5.06. The minimum Gasteiger partial charge on any atom is -0.494 e. The molecule has 0 radical (unpaired) electrons. The van der Waals surface area contributed by atoms with Crippen molar-refractivity contribution in [1.29, 1.82) is 0 Å². The maximum Gasteiger partial charge on any atom is 0.407 e. The second-order valence-electron chi connectivity index (χ2n) is 6.42. The van der Waals surface area contributed by atoms with Gasteiger partial charge in [0.1, 0.15) is 5.82 Å². The summed E-state index contributed by atoms with van der Waals surface area (Å²) in [5.74, 6) is -1.06. The molecule has 22 heavy (non-hydrogen) atoms. The molecule has 0 unspecified atom stereocenters. The first kappa shape index (κ1) is 15.1. The largest absolute Gasteiger partial charge is 0.494 e. The molecule has 1 aromatic rings. The SMILES string of the molecule is COc1cc(F)cc(C2CCC3(CC2)CN(C(=O)O)C3)c1F. The maximum absolute atomic E-state index is 14.3. The molecule has 1 aliphatic heterocycles. The van der Waals surface area contributed by atoms with E-state index in [4.69, 9.17) is 9.84 Å². The summed E-state index contributed by atoms with van der Waals surface area (Å²) in [5.41, 5.74) is 0.420. The first-order valence-electron chi connectivity index (χ1n) is 7.45. The number of nitrogens with zero attached hydrogens (tertiary/aromatic N) is 1. The predicted octanol–water partition coefficient (Wildman–Crippen LogP) is 3.61. The summed E-state index contributed by atoms with van der Waals surface area (Å²) in [5, 5.41) is 8.92. The van der Waals surface area contributed by atoms with Crippen LogP contribution >= 0.6 is 0 Å². The minimum absolute atomic E-state index is 0.0332. The van der Waals surface area contributed by atoms with Gasteiger partial charge < -0.3 is 14.7 Å². The number of carbonyl (C=O) groups is 1. The molecule has 1 N–H and O–H groups in total. The first-order valence-corrected chi connectivity index (χ1v) is 7.45. The van der Waals surface area contributed by atoms with Crippen molar-refractivity contribution in [2.24, 2.45) is 5.41 Å². The highest BCUT2D eigenvalue weighted by molar-refractivity contribution is 5.66. The molecule has 0 atom stereocenters. The van der Waals surface area contributed by atoms with Crippen LogP contribution in [0.3, 0.4) is 0 Å². The van der Waals surface area contributed by atoms with Gasteiger partial charge >= 0.3 is 6.09 Å². The third-order valence-electron chi connectivity index (χ3n) is 5.06. The Morgan fingerprint density at radius 2 is 1.95 bits per heavy atom. The fourth-order valence-corrected chi connectivity index (χ4v) is 3.79. The van der Waals surface area contributed by atoms with Crippen molar-refractivity contribution < 1.29 is 23.4 Å². The highest BCUT2D eigenvalue weighted by Crippen LogP contribution is 2.49. The highest BCUT2D eigenvalue weighted by atomic mass is 19.1. The standard InChI is InChI=1S/C16H19F2NO3/c1-22-13-7-11(17)6-12(14(13)18)10-2-4-16(5-3-10)8-19(9-16)15(20)21/h6-7,10H,2-5,8-9H2,1H3,(H,20,21). The number of hydrogen-bond acceptors (Lipinski definition) is 2. The van der Waals surface area contributed by atoms with Crippen LogP contribution in [0.1, 0.15) is 37.2 Å². The number of carboxylic acid groups (broad SMARTS) is 1. The van der Waals surface area contributed by atoms with Crippen molar-refractivity contribution in [3.63, 3.8) is 0 Å². The van der Waals surface area contributed by atoms with Gasteiger partial charge in [-0.2, -0.15) is 0 Å². The number of hydrogen-bond donors (Lipinski definition) is 1. The molecule has 1 aromatic carbocycles. The quantitative estimate of drug-likeness (QED) is 0.907. The van der Waals surface area contributed by atoms with Crippen LogP contribution in [0, 0.1) is 17.0 Å². The van der Waals surface area contributed by atoms with Gasteiger partial charge in [0, 0.05) is 24.6 Å². The number of halogens is 2. The molecule has 120 valence electrons. The zero-order valence-electron chi connectivity index (χ0n) is 12.4. The molecule has 1 aliphatic carbocycles. The Bertz CT molecular complexity index is 589. The zero-order chi connectivity index (χ0) is 15.9. The van der Waals surface area contributed by atoms with Crippen molar-refractivity contribution in [3.8, 4) is 5.75 Å². The van der Waals surface area contributed by atoms with Crippen LogP contribution in [0.25, 0.3) is 0 Å². The topological polar surface area (TPSA) is 49.8 Å². The van der Waals surface area contributed by atoms with Gasteiger partial charge in [-0.1, -0.05) is 0 Å². The van der Waals surface area contributed by atoms with E-state index in [9.17, 15) is 13.6 Å². The lowest BCUT2D eigenvalue weighted by Crippen LogP contribution is -2.59.